The Morgan fingerprint density at radius 1 is 0.886 bits per heavy atom. The van der Waals surface area contributed by atoms with E-state index in [1.54, 1.807) is 35.2 Å². The summed E-state index contributed by atoms with van der Waals surface area (Å²) >= 11 is 0. The minimum atomic E-state index is -4.23. The quantitative estimate of drug-likeness (QED) is 0.265. The largest absolute Gasteiger partial charge is 0.493 e. The van der Waals surface area contributed by atoms with Crippen molar-refractivity contribution in [2.24, 2.45) is 0 Å². The van der Waals surface area contributed by atoms with E-state index in [4.69, 9.17) is 9.47 Å². The molecule has 1 fully saturated rings. The molecule has 0 unspecified atom stereocenters. The van der Waals surface area contributed by atoms with Crippen molar-refractivity contribution < 1.29 is 27.5 Å². The van der Waals surface area contributed by atoms with Crippen molar-refractivity contribution in [2.45, 2.75) is 68.8 Å². The van der Waals surface area contributed by atoms with Gasteiger partial charge in [-0.15, -0.1) is 0 Å². The number of nitrogens with one attached hydrogen (secondary N) is 1. The number of methoxy groups -OCH3 is 2. The van der Waals surface area contributed by atoms with Gasteiger partial charge < -0.3 is 19.7 Å². The maximum absolute atomic E-state index is 14.2. The molecule has 3 aromatic rings. The fourth-order valence-electron chi connectivity index (χ4n) is 5.67. The molecule has 0 bridgehead atoms. The molecule has 0 aliphatic heterocycles. The molecule has 1 aliphatic rings. The predicted molar refractivity (Wildman–Crippen MR) is 171 cm³/mol. The van der Waals surface area contributed by atoms with Crippen molar-refractivity contribution >= 4 is 27.5 Å². The number of ether oxygens (including phenoxy) is 2. The highest BCUT2D eigenvalue weighted by molar-refractivity contribution is 7.92. The monoisotopic (exact) mass is 621 g/mol. The van der Waals surface area contributed by atoms with Crippen LogP contribution in [0.5, 0.6) is 11.5 Å². The van der Waals surface area contributed by atoms with Crippen LogP contribution in [0.4, 0.5) is 5.69 Å². The number of hydrogen-bond donors (Lipinski definition) is 1. The SMILES string of the molecule is CC[C@@H](C(=O)NC1CCCCC1)N(CCc1ccccc1)C(=O)CN(c1ccccc1)S(=O)(=O)c1ccc(OC)c(OC)c1. The third kappa shape index (κ3) is 8.11. The zero-order valence-electron chi connectivity index (χ0n) is 25.8. The lowest BCUT2D eigenvalue weighted by Gasteiger charge is -2.34. The second-order valence-electron chi connectivity index (χ2n) is 11.0. The predicted octanol–water partition coefficient (Wildman–Crippen LogP) is 5.20. The van der Waals surface area contributed by atoms with Crippen LogP contribution in [0.15, 0.2) is 83.8 Å². The third-order valence-electron chi connectivity index (χ3n) is 8.09. The Hall–Kier alpha value is -4.05. The van der Waals surface area contributed by atoms with E-state index in [9.17, 15) is 18.0 Å². The van der Waals surface area contributed by atoms with E-state index in [1.165, 1.54) is 32.4 Å². The number of para-hydroxylation sites is 1. The van der Waals surface area contributed by atoms with Crippen molar-refractivity contribution in [1.82, 2.24) is 10.2 Å². The highest BCUT2D eigenvalue weighted by Crippen LogP contribution is 2.32. The summed E-state index contributed by atoms with van der Waals surface area (Å²) in [6, 6.07) is 21.9. The van der Waals surface area contributed by atoms with E-state index in [1.807, 2.05) is 37.3 Å². The first-order valence-electron chi connectivity index (χ1n) is 15.2. The zero-order chi connectivity index (χ0) is 31.5. The number of benzene rings is 3. The van der Waals surface area contributed by atoms with Crippen molar-refractivity contribution in [1.29, 1.82) is 0 Å². The van der Waals surface area contributed by atoms with Gasteiger partial charge in [0.05, 0.1) is 24.8 Å². The summed E-state index contributed by atoms with van der Waals surface area (Å²) in [5.41, 5.74) is 1.35. The topological polar surface area (TPSA) is 105 Å². The zero-order valence-corrected chi connectivity index (χ0v) is 26.6. The van der Waals surface area contributed by atoms with Crippen LogP contribution >= 0.6 is 0 Å². The summed E-state index contributed by atoms with van der Waals surface area (Å²) in [7, 11) is -1.33. The molecule has 10 heteroatoms. The van der Waals surface area contributed by atoms with Crippen molar-refractivity contribution in [3.63, 3.8) is 0 Å². The molecule has 44 heavy (non-hydrogen) atoms. The maximum Gasteiger partial charge on any atom is 0.264 e. The number of nitrogens with zero attached hydrogens (tertiary/aromatic N) is 2. The standard InChI is InChI=1S/C34H43N3O6S/c1-4-30(34(39)35-27-16-10-6-11-17-27)36(23-22-26-14-8-5-9-15-26)33(38)25-37(28-18-12-7-13-19-28)44(40,41)29-20-21-31(42-2)32(24-29)43-3/h5,7-9,12-15,18-21,24,27,30H,4,6,10-11,16-17,22-23,25H2,1-3H3,(H,35,39)/t30-/m0/s1. The molecule has 1 N–H and O–H groups in total. The number of hydrogen-bond acceptors (Lipinski definition) is 6. The Morgan fingerprint density at radius 2 is 1.52 bits per heavy atom. The Bertz CT molecular complexity index is 1480. The van der Waals surface area contributed by atoms with Crippen LogP contribution in [0, 0.1) is 0 Å². The molecule has 1 saturated carbocycles. The number of amides is 2. The summed E-state index contributed by atoms with van der Waals surface area (Å²) in [5.74, 6) is -0.0206. The lowest BCUT2D eigenvalue weighted by molar-refractivity contribution is -0.140. The second-order valence-corrected chi connectivity index (χ2v) is 12.8. The van der Waals surface area contributed by atoms with Crippen LogP contribution in [0.1, 0.15) is 51.0 Å². The maximum atomic E-state index is 14.2. The van der Waals surface area contributed by atoms with E-state index < -0.39 is 28.5 Å². The number of anilines is 1. The Labute approximate surface area is 261 Å². The number of sulfonamides is 1. The van der Waals surface area contributed by atoms with Gasteiger partial charge in [0.2, 0.25) is 11.8 Å². The van der Waals surface area contributed by atoms with Crippen LogP contribution in [0.2, 0.25) is 0 Å². The van der Waals surface area contributed by atoms with E-state index in [-0.39, 0.29) is 29.1 Å². The highest BCUT2D eigenvalue weighted by atomic mass is 32.2. The average molecular weight is 622 g/mol. The molecule has 0 saturated heterocycles. The van der Waals surface area contributed by atoms with Gasteiger partial charge >= 0.3 is 0 Å². The van der Waals surface area contributed by atoms with Gasteiger partial charge in [-0.25, -0.2) is 8.42 Å². The van der Waals surface area contributed by atoms with Gasteiger partial charge in [-0.3, -0.25) is 13.9 Å². The third-order valence-corrected chi connectivity index (χ3v) is 9.86. The molecule has 0 aromatic heterocycles. The molecular weight excluding hydrogens is 578 g/mol. The summed E-state index contributed by atoms with van der Waals surface area (Å²) in [5, 5.41) is 3.18. The van der Waals surface area contributed by atoms with Gasteiger partial charge in [-0.1, -0.05) is 74.7 Å². The molecule has 4 rings (SSSR count). The van der Waals surface area contributed by atoms with Gasteiger partial charge in [0.25, 0.3) is 10.0 Å². The lowest BCUT2D eigenvalue weighted by atomic mass is 9.95. The number of carbonyl (C=O) groups is 2. The highest BCUT2D eigenvalue weighted by Gasteiger charge is 2.34. The molecule has 0 spiro atoms. The summed E-state index contributed by atoms with van der Waals surface area (Å²) in [6.45, 7) is 1.66. The van der Waals surface area contributed by atoms with Gasteiger partial charge in [0.1, 0.15) is 12.6 Å². The van der Waals surface area contributed by atoms with E-state index >= 15 is 0 Å². The van der Waals surface area contributed by atoms with Crippen molar-refractivity contribution in [3.05, 3.63) is 84.4 Å². The first-order chi connectivity index (χ1) is 21.3. The smallest absolute Gasteiger partial charge is 0.264 e. The normalized spacial score (nSPS) is 14.3. The molecule has 1 aliphatic carbocycles. The minimum Gasteiger partial charge on any atom is -0.493 e. The molecule has 0 heterocycles. The first kappa shape index (κ1) is 32.9. The molecule has 236 valence electrons. The lowest BCUT2D eigenvalue weighted by Crippen LogP contribution is -2.54. The van der Waals surface area contributed by atoms with Crippen LogP contribution in [0.25, 0.3) is 0 Å². The van der Waals surface area contributed by atoms with Crippen LogP contribution in [-0.4, -0.2) is 64.5 Å². The molecule has 3 aromatic carbocycles. The van der Waals surface area contributed by atoms with Crippen molar-refractivity contribution in [2.75, 3.05) is 31.6 Å². The van der Waals surface area contributed by atoms with E-state index in [2.05, 4.69) is 5.32 Å². The molecule has 2 amide bonds. The van der Waals surface area contributed by atoms with Gasteiger partial charge in [0.15, 0.2) is 11.5 Å². The summed E-state index contributed by atoms with van der Waals surface area (Å²) < 4.78 is 40.1. The second kappa shape index (κ2) is 15.6. The average Bonchev–Trinajstić information content (AvgIpc) is 3.06. The Balaban J connectivity index is 1.67. The summed E-state index contributed by atoms with van der Waals surface area (Å²) in [4.78, 5) is 29.4. The van der Waals surface area contributed by atoms with Crippen molar-refractivity contribution in [3.8, 4) is 11.5 Å². The van der Waals surface area contributed by atoms with Gasteiger partial charge in [-0.2, -0.15) is 0 Å². The molecule has 1 atom stereocenters. The van der Waals surface area contributed by atoms with E-state index in [0.29, 0.717) is 24.3 Å². The minimum absolute atomic E-state index is 0.0512. The first-order valence-corrected chi connectivity index (χ1v) is 16.7. The van der Waals surface area contributed by atoms with Crippen LogP contribution in [0.3, 0.4) is 0 Å². The molecule has 0 radical (unpaired) electrons. The Morgan fingerprint density at radius 3 is 2.14 bits per heavy atom. The summed E-state index contributed by atoms with van der Waals surface area (Å²) in [6.07, 6.45) is 6.06. The van der Waals surface area contributed by atoms with E-state index in [0.717, 1.165) is 42.0 Å². The number of rotatable bonds is 14. The van der Waals surface area contributed by atoms with Crippen LogP contribution in [-0.2, 0) is 26.0 Å². The Kier molecular flexibility index (Phi) is 11.7. The molecule has 9 nitrogen and oxygen atoms in total. The van der Waals surface area contributed by atoms with Crippen LogP contribution < -0.4 is 19.1 Å². The number of carbonyl (C=O) groups excluding carboxylic acids is 2. The van der Waals surface area contributed by atoms with Gasteiger partial charge in [-0.05, 0) is 55.5 Å². The fraction of sp³-hybridized carbons (Fsp3) is 0.412. The molecular formula is C34H43N3O6S. The van der Waals surface area contributed by atoms with Gasteiger partial charge in [0, 0.05) is 18.7 Å². The fourth-order valence-corrected chi connectivity index (χ4v) is 7.10.